The summed E-state index contributed by atoms with van der Waals surface area (Å²) in [5.74, 6) is 0.122. The average molecular weight is 676 g/mol. The second-order valence-electron chi connectivity index (χ2n) is 7.45. The Morgan fingerprint density at radius 1 is 0.514 bits per heavy atom. The normalized spacial score (nSPS) is 8.86. The van der Waals surface area contributed by atoms with E-state index in [-0.39, 0.29) is 47.8 Å². The van der Waals surface area contributed by atoms with Crippen molar-refractivity contribution in [2.24, 2.45) is 0 Å². The Balaban J connectivity index is -0.000000140. The molecule has 0 aromatic heterocycles. The third-order valence-corrected chi connectivity index (χ3v) is 4.55. The van der Waals surface area contributed by atoms with Crippen LogP contribution in [0, 0.1) is 0 Å². The number of thiol groups is 2. The Hall–Kier alpha value is -0.621. The first-order valence-corrected chi connectivity index (χ1v) is 14.2. The fourth-order valence-electron chi connectivity index (χ4n) is 1.74. The van der Waals surface area contributed by atoms with Gasteiger partial charge < -0.3 is 18.9 Å². The largest absolute Gasteiger partial charge is 0.469 e. The van der Waals surface area contributed by atoms with Crippen molar-refractivity contribution in [2.75, 3.05) is 38.9 Å². The molecule has 0 aromatic rings. The summed E-state index contributed by atoms with van der Waals surface area (Å²) < 4.78 is 18.5. The quantitative estimate of drug-likeness (QED) is 0.0715. The molecule has 0 spiro atoms. The number of rotatable bonds is 16. The maximum Gasteiger partial charge on any atom is 0.305 e. The molecule has 0 heterocycles. The van der Waals surface area contributed by atoms with Gasteiger partial charge in [0.25, 0.3) is 0 Å². The van der Waals surface area contributed by atoms with Crippen LogP contribution in [-0.2, 0) is 38.1 Å². The molecule has 0 N–H and O–H groups in total. The number of carbonyl (C=O) groups is 4. The van der Waals surface area contributed by atoms with Crippen LogP contribution in [0.1, 0.15) is 105 Å². The molecule has 4 radical (unpaired) electrons. The molecule has 11 heteroatoms. The fraction of sp³-hybridized carbons (Fsp3) is 0.846. The summed E-state index contributed by atoms with van der Waals surface area (Å²) in [4.78, 5) is 43.2. The summed E-state index contributed by atoms with van der Waals surface area (Å²) in [6, 6.07) is 0. The minimum atomic E-state index is -0.242. The van der Waals surface area contributed by atoms with Gasteiger partial charge in [-0.25, -0.2) is 0 Å². The second kappa shape index (κ2) is 42.5. The van der Waals surface area contributed by atoms with Crippen molar-refractivity contribution in [3.63, 3.8) is 0 Å². The Morgan fingerprint density at radius 3 is 0.946 bits per heavy atom. The van der Waals surface area contributed by atoms with Crippen molar-refractivity contribution in [2.45, 2.75) is 105 Å². The van der Waals surface area contributed by atoms with Crippen LogP contribution >= 0.6 is 25.3 Å². The van der Waals surface area contributed by atoms with E-state index in [9.17, 15) is 19.2 Å². The molecule has 8 nitrogen and oxygen atoms in total. The molecule has 0 atom stereocenters. The number of unbranched alkanes of at least 4 members (excludes halogenated alkanes) is 4. The van der Waals surface area contributed by atoms with E-state index in [1.165, 1.54) is 39.9 Å². The molecule has 220 valence electrons. The van der Waals surface area contributed by atoms with Gasteiger partial charge in [-0.05, 0) is 25.7 Å². The second-order valence-corrected chi connectivity index (χ2v) is 8.35. The maximum atomic E-state index is 10.9. The van der Waals surface area contributed by atoms with Crippen molar-refractivity contribution in [3.8, 4) is 0 Å². The van der Waals surface area contributed by atoms with E-state index in [1.807, 2.05) is 0 Å². The third-order valence-electron chi connectivity index (χ3n) is 4.19. The summed E-state index contributed by atoms with van der Waals surface area (Å²) >= 11 is 7.81. The maximum absolute atomic E-state index is 10.9. The number of methoxy groups -OCH3 is 2. The summed E-state index contributed by atoms with van der Waals surface area (Å²) in [7, 11) is 2.70. The molecular formula is C26H52O8S2Sn. The van der Waals surface area contributed by atoms with Gasteiger partial charge in [0, 0.05) is 61.1 Å². The van der Waals surface area contributed by atoms with Crippen LogP contribution in [-0.4, -0.2) is 86.7 Å². The number of ether oxygens (including phenoxy) is 4. The van der Waals surface area contributed by atoms with Gasteiger partial charge in [0.05, 0.1) is 14.2 Å². The number of esters is 4. The standard InChI is InChI=1S/2C9H16O4S.2C4H10.Sn/c2*1-12-8(10)4-2-3-5-9(11)13-6-7-14;2*1-3-4-2;/h2*14H,2-7H2,1H3;2*3-4H2,1-2H3;. The summed E-state index contributed by atoms with van der Waals surface area (Å²) in [5.41, 5.74) is 0. The minimum absolute atomic E-state index is 0. The zero-order chi connectivity index (χ0) is 28.5. The van der Waals surface area contributed by atoms with Crippen LogP contribution in [0.2, 0.25) is 0 Å². The molecule has 0 rings (SSSR count). The van der Waals surface area contributed by atoms with E-state index < -0.39 is 0 Å². The van der Waals surface area contributed by atoms with E-state index >= 15 is 0 Å². The van der Waals surface area contributed by atoms with Gasteiger partial charge in [0.2, 0.25) is 0 Å². The van der Waals surface area contributed by atoms with E-state index in [2.05, 4.69) is 62.4 Å². The van der Waals surface area contributed by atoms with Crippen molar-refractivity contribution in [3.05, 3.63) is 0 Å². The molecule has 0 unspecified atom stereocenters. The molecule has 37 heavy (non-hydrogen) atoms. The monoisotopic (exact) mass is 676 g/mol. The van der Waals surface area contributed by atoms with Crippen LogP contribution in [0.3, 0.4) is 0 Å². The van der Waals surface area contributed by atoms with Crippen LogP contribution in [0.25, 0.3) is 0 Å². The van der Waals surface area contributed by atoms with E-state index in [1.54, 1.807) is 0 Å². The molecule has 0 amide bonds. The molecule has 0 aromatic carbocycles. The Kier molecular flexibility index (Phi) is 53.1. The van der Waals surface area contributed by atoms with E-state index in [0.717, 1.165) is 0 Å². The Labute approximate surface area is 253 Å². The number of hydrogen-bond acceptors (Lipinski definition) is 10. The molecule has 0 bridgehead atoms. The molecule has 0 saturated heterocycles. The van der Waals surface area contributed by atoms with Crippen molar-refractivity contribution in [1.29, 1.82) is 0 Å². The predicted molar refractivity (Wildman–Crippen MR) is 158 cm³/mol. The molecular weight excluding hydrogens is 623 g/mol. The Morgan fingerprint density at radius 2 is 0.757 bits per heavy atom. The van der Waals surface area contributed by atoms with Crippen molar-refractivity contribution >= 4 is 73.0 Å². The molecule has 0 aliphatic carbocycles. The minimum Gasteiger partial charge on any atom is -0.469 e. The topological polar surface area (TPSA) is 105 Å². The fourth-order valence-corrected chi connectivity index (χ4v) is 1.93. The van der Waals surface area contributed by atoms with Crippen LogP contribution in [0.5, 0.6) is 0 Å². The van der Waals surface area contributed by atoms with Gasteiger partial charge in [0.15, 0.2) is 0 Å². The van der Waals surface area contributed by atoms with Gasteiger partial charge in [-0.2, -0.15) is 25.3 Å². The zero-order valence-corrected chi connectivity index (χ0v) is 28.6. The van der Waals surface area contributed by atoms with Crippen molar-refractivity contribution in [1.82, 2.24) is 0 Å². The van der Waals surface area contributed by atoms with Crippen LogP contribution < -0.4 is 0 Å². The SMILES string of the molecule is CCCC.CCCC.COC(=O)CCCCC(=O)OCCS.COC(=O)CCCCC(=O)OCCS.[Sn]. The molecule has 0 fully saturated rings. The first-order chi connectivity index (χ1) is 17.2. The van der Waals surface area contributed by atoms with E-state index in [0.29, 0.717) is 76.1 Å². The van der Waals surface area contributed by atoms with Gasteiger partial charge in [-0.15, -0.1) is 0 Å². The van der Waals surface area contributed by atoms with Gasteiger partial charge in [-0.3, -0.25) is 19.2 Å². The van der Waals surface area contributed by atoms with Gasteiger partial charge in [0.1, 0.15) is 13.2 Å². The smallest absolute Gasteiger partial charge is 0.305 e. The molecule has 0 saturated carbocycles. The summed E-state index contributed by atoms with van der Waals surface area (Å²) in [6.07, 6.45) is 9.31. The zero-order valence-electron chi connectivity index (χ0n) is 24.0. The molecule has 0 aliphatic rings. The summed E-state index contributed by atoms with van der Waals surface area (Å²) in [5, 5.41) is 0. The molecule has 0 aliphatic heterocycles. The van der Waals surface area contributed by atoms with Crippen LogP contribution in [0.15, 0.2) is 0 Å². The van der Waals surface area contributed by atoms with E-state index in [4.69, 9.17) is 9.47 Å². The Bertz CT molecular complexity index is 461. The third kappa shape index (κ3) is 52.6. The summed E-state index contributed by atoms with van der Waals surface area (Å²) in [6.45, 7) is 9.41. The van der Waals surface area contributed by atoms with Crippen LogP contribution in [0.4, 0.5) is 0 Å². The average Bonchev–Trinajstić information content (AvgIpc) is 2.91. The van der Waals surface area contributed by atoms with Gasteiger partial charge >= 0.3 is 23.9 Å². The number of carbonyl (C=O) groups excluding carboxylic acids is 4. The number of hydrogen-bond donors (Lipinski definition) is 2. The predicted octanol–water partition coefficient (Wildman–Crippen LogP) is 5.62. The first-order valence-electron chi connectivity index (χ1n) is 12.9. The van der Waals surface area contributed by atoms with Crippen molar-refractivity contribution < 1.29 is 38.1 Å². The van der Waals surface area contributed by atoms with Gasteiger partial charge in [-0.1, -0.05) is 53.4 Å². The first kappa shape index (κ1) is 46.2.